The lowest BCUT2D eigenvalue weighted by Crippen LogP contribution is -2.42. The number of nitriles is 1. The molecule has 0 bridgehead atoms. The number of carbonyl (C=O) groups is 2. The molecule has 1 aromatic carbocycles. The zero-order valence-corrected chi connectivity index (χ0v) is 12.0. The first-order valence-electron chi connectivity index (χ1n) is 7.05. The van der Waals surface area contributed by atoms with Crippen molar-refractivity contribution < 1.29 is 14.0 Å². The highest BCUT2D eigenvalue weighted by atomic mass is 19.1. The summed E-state index contributed by atoms with van der Waals surface area (Å²) in [5.74, 6) is -0.879. The summed E-state index contributed by atoms with van der Waals surface area (Å²) in [5, 5.41) is 14.3. The molecule has 0 aromatic heterocycles. The van der Waals surface area contributed by atoms with Crippen LogP contribution in [0.25, 0.3) is 0 Å². The van der Waals surface area contributed by atoms with Gasteiger partial charge in [0.05, 0.1) is 19.2 Å². The van der Waals surface area contributed by atoms with Gasteiger partial charge in [0.1, 0.15) is 11.9 Å². The number of benzene rings is 1. The van der Waals surface area contributed by atoms with Gasteiger partial charge in [0.2, 0.25) is 11.8 Å². The molecule has 0 spiro atoms. The number of amides is 2. The number of carbonyl (C=O) groups excluding carboxylic acids is 2. The third kappa shape index (κ3) is 4.27. The summed E-state index contributed by atoms with van der Waals surface area (Å²) < 4.78 is 12.7. The zero-order valence-electron chi connectivity index (χ0n) is 12.0. The fraction of sp³-hybridized carbons (Fsp3) is 0.400. The van der Waals surface area contributed by atoms with Crippen LogP contribution in [0.2, 0.25) is 0 Å². The van der Waals surface area contributed by atoms with Gasteiger partial charge in [0.15, 0.2) is 0 Å². The SMILES string of the molecule is N#C[C@@H]1CCCN1C(=O)CNCC(=O)Nc1ccc(F)cc1. The van der Waals surface area contributed by atoms with Crippen LogP contribution in [0.1, 0.15) is 12.8 Å². The van der Waals surface area contributed by atoms with E-state index >= 15 is 0 Å². The third-order valence-electron chi connectivity index (χ3n) is 3.41. The minimum Gasteiger partial charge on any atom is -0.326 e. The summed E-state index contributed by atoms with van der Waals surface area (Å²) >= 11 is 0. The second kappa shape index (κ2) is 7.52. The third-order valence-corrected chi connectivity index (χ3v) is 3.41. The monoisotopic (exact) mass is 304 g/mol. The van der Waals surface area contributed by atoms with Crippen LogP contribution in [0.15, 0.2) is 24.3 Å². The van der Waals surface area contributed by atoms with E-state index in [1.54, 1.807) is 0 Å². The molecule has 1 aliphatic heterocycles. The van der Waals surface area contributed by atoms with Gasteiger partial charge in [0.25, 0.3) is 0 Å². The van der Waals surface area contributed by atoms with Gasteiger partial charge in [-0.3, -0.25) is 14.9 Å². The van der Waals surface area contributed by atoms with Crippen LogP contribution >= 0.6 is 0 Å². The van der Waals surface area contributed by atoms with Crippen LogP contribution in [0, 0.1) is 17.1 Å². The number of anilines is 1. The highest BCUT2D eigenvalue weighted by Crippen LogP contribution is 2.15. The van der Waals surface area contributed by atoms with E-state index in [2.05, 4.69) is 16.7 Å². The molecule has 0 saturated carbocycles. The lowest BCUT2D eigenvalue weighted by Gasteiger charge is -2.19. The summed E-state index contributed by atoms with van der Waals surface area (Å²) in [5.41, 5.74) is 0.489. The van der Waals surface area contributed by atoms with E-state index in [0.29, 0.717) is 18.7 Å². The van der Waals surface area contributed by atoms with Crippen molar-refractivity contribution in [3.05, 3.63) is 30.1 Å². The van der Waals surface area contributed by atoms with E-state index in [0.717, 1.165) is 6.42 Å². The Morgan fingerprint density at radius 1 is 1.32 bits per heavy atom. The van der Waals surface area contributed by atoms with Crippen molar-refractivity contribution >= 4 is 17.5 Å². The van der Waals surface area contributed by atoms with Crippen molar-refractivity contribution in [1.82, 2.24) is 10.2 Å². The van der Waals surface area contributed by atoms with Crippen molar-refractivity contribution in [1.29, 1.82) is 5.26 Å². The molecular formula is C15H17FN4O2. The predicted molar refractivity (Wildman–Crippen MR) is 78.2 cm³/mol. The molecule has 6 nitrogen and oxygen atoms in total. The molecule has 2 amide bonds. The molecule has 0 radical (unpaired) electrons. The molecule has 1 aliphatic rings. The fourth-order valence-electron chi connectivity index (χ4n) is 2.32. The van der Waals surface area contributed by atoms with Crippen molar-refractivity contribution in [2.75, 3.05) is 25.0 Å². The quantitative estimate of drug-likeness (QED) is 0.845. The minimum atomic E-state index is -0.376. The smallest absolute Gasteiger partial charge is 0.238 e. The maximum atomic E-state index is 12.7. The second-order valence-corrected chi connectivity index (χ2v) is 5.03. The lowest BCUT2D eigenvalue weighted by molar-refractivity contribution is -0.130. The first-order chi connectivity index (χ1) is 10.6. The number of nitrogens with one attached hydrogen (secondary N) is 2. The van der Waals surface area contributed by atoms with Crippen LogP contribution in [-0.2, 0) is 9.59 Å². The normalized spacial score (nSPS) is 17.1. The number of likely N-dealkylation sites (tertiary alicyclic amines) is 1. The maximum absolute atomic E-state index is 12.7. The maximum Gasteiger partial charge on any atom is 0.238 e. The Bertz CT molecular complexity index is 582. The highest BCUT2D eigenvalue weighted by Gasteiger charge is 2.27. The summed E-state index contributed by atoms with van der Waals surface area (Å²) in [6, 6.07) is 7.16. The van der Waals surface area contributed by atoms with Gasteiger partial charge in [-0.25, -0.2) is 4.39 Å². The standard InChI is InChI=1S/C15H17FN4O2/c16-11-3-5-12(6-4-11)19-14(21)9-18-10-15(22)20-7-1-2-13(20)8-17/h3-6,13,18H,1-2,7,9-10H2,(H,19,21)/t13-/m0/s1. The molecule has 7 heteroatoms. The van der Waals surface area contributed by atoms with Gasteiger partial charge in [-0.05, 0) is 37.1 Å². The van der Waals surface area contributed by atoms with Crippen LogP contribution < -0.4 is 10.6 Å². The summed E-state index contributed by atoms with van der Waals surface area (Å²) in [6.07, 6.45) is 1.53. The average molecular weight is 304 g/mol. The molecule has 0 aliphatic carbocycles. The topological polar surface area (TPSA) is 85.2 Å². The van der Waals surface area contributed by atoms with E-state index in [1.165, 1.54) is 29.2 Å². The van der Waals surface area contributed by atoms with Gasteiger partial charge in [0, 0.05) is 12.2 Å². The number of hydrogen-bond acceptors (Lipinski definition) is 4. The van der Waals surface area contributed by atoms with Crippen LogP contribution in [-0.4, -0.2) is 42.4 Å². The van der Waals surface area contributed by atoms with Crippen LogP contribution in [0.3, 0.4) is 0 Å². The molecule has 1 saturated heterocycles. The van der Waals surface area contributed by atoms with Gasteiger partial charge in [-0.1, -0.05) is 0 Å². The Balaban J connectivity index is 1.72. The van der Waals surface area contributed by atoms with Crippen LogP contribution in [0.4, 0.5) is 10.1 Å². The van der Waals surface area contributed by atoms with Crippen molar-refractivity contribution in [3.8, 4) is 6.07 Å². The predicted octanol–water partition coefficient (Wildman–Crippen LogP) is 0.868. The molecule has 1 aromatic rings. The van der Waals surface area contributed by atoms with Crippen molar-refractivity contribution in [3.63, 3.8) is 0 Å². The van der Waals surface area contributed by atoms with Crippen LogP contribution in [0.5, 0.6) is 0 Å². The number of halogens is 1. The molecule has 2 N–H and O–H groups in total. The minimum absolute atomic E-state index is 0.00895. The molecule has 2 rings (SSSR count). The fourth-order valence-corrected chi connectivity index (χ4v) is 2.32. The molecule has 1 atom stereocenters. The van der Waals surface area contributed by atoms with E-state index < -0.39 is 0 Å². The van der Waals surface area contributed by atoms with Crippen molar-refractivity contribution in [2.45, 2.75) is 18.9 Å². The molecular weight excluding hydrogens is 287 g/mol. The molecule has 116 valence electrons. The van der Waals surface area contributed by atoms with Gasteiger partial charge in [-0.2, -0.15) is 5.26 Å². The van der Waals surface area contributed by atoms with E-state index in [9.17, 15) is 14.0 Å². The Morgan fingerprint density at radius 2 is 2.05 bits per heavy atom. The van der Waals surface area contributed by atoms with Gasteiger partial charge < -0.3 is 10.2 Å². The van der Waals surface area contributed by atoms with Crippen molar-refractivity contribution in [2.24, 2.45) is 0 Å². The zero-order chi connectivity index (χ0) is 15.9. The first kappa shape index (κ1) is 15.9. The Morgan fingerprint density at radius 3 is 2.73 bits per heavy atom. The second-order valence-electron chi connectivity index (χ2n) is 5.03. The molecule has 0 unspecified atom stereocenters. The van der Waals surface area contributed by atoms with Gasteiger partial charge >= 0.3 is 0 Å². The summed E-state index contributed by atoms with van der Waals surface area (Å²) in [4.78, 5) is 25.1. The Hall–Kier alpha value is -2.46. The number of rotatable bonds is 5. The largest absolute Gasteiger partial charge is 0.326 e. The highest BCUT2D eigenvalue weighted by molar-refractivity contribution is 5.92. The van der Waals surface area contributed by atoms with Gasteiger partial charge in [-0.15, -0.1) is 0 Å². The molecule has 22 heavy (non-hydrogen) atoms. The number of hydrogen-bond donors (Lipinski definition) is 2. The molecule has 1 heterocycles. The number of nitrogens with zero attached hydrogens (tertiary/aromatic N) is 2. The Labute approximate surface area is 127 Å². The summed E-state index contributed by atoms with van der Waals surface area (Å²) in [6.45, 7) is 0.559. The summed E-state index contributed by atoms with van der Waals surface area (Å²) in [7, 11) is 0. The lowest BCUT2D eigenvalue weighted by atomic mass is 10.2. The van der Waals surface area contributed by atoms with E-state index in [-0.39, 0.29) is 36.8 Å². The average Bonchev–Trinajstić information content (AvgIpc) is 2.98. The van der Waals surface area contributed by atoms with E-state index in [1.807, 2.05) is 0 Å². The first-order valence-corrected chi connectivity index (χ1v) is 7.05. The molecule has 1 fully saturated rings. The van der Waals surface area contributed by atoms with E-state index in [4.69, 9.17) is 5.26 Å². The Kier molecular flexibility index (Phi) is 5.44.